The summed E-state index contributed by atoms with van der Waals surface area (Å²) >= 11 is 0. The van der Waals surface area contributed by atoms with Crippen molar-refractivity contribution in [2.24, 2.45) is 5.92 Å². The Hall–Kier alpha value is -2.02. The predicted octanol–water partition coefficient (Wildman–Crippen LogP) is 2.21. The van der Waals surface area contributed by atoms with Gasteiger partial charge in [-0.25, -0.2) is 8.78 Å². The smallest absolute Gasteiger partial charge is 0.313 e. The van der Waals surface area contributed by atoms with Crippen molar-refractivity contribution in [1.29, 1.82) is 0 Å². The van der Waals surface area contributed by atoms with Crippen molar-refractivity contribution in [3.8, 4) is 0 Å². The molecule has 0 saturated heterocycles. The van der Waals surface area contributed by atoms with Crippen LogP contribution in [0.4, 0.5) is 14.5 Å². The van der Waals surface area contributed by atoms with Crippen molar-refractivity contribution >= 4 is 17.5 Å². The minimum Gasteiger partial charge on any atom is -0.388 e. The number of benzene rings is 1. The molecule has 0 heterocycles. The van der Waals surface area contributed by atoms with Crippen LogP contribution in [0.5, 0.6) is 0 Å². The molecule has 7 heteroatoms. The monoisotopic (exact) mass is 328 g/mol. The molecule has 1 rings (SSSR count). The van der Waals surface area contributed by atoms with Crippen molar-refractivity contribution < 1.29 is 23.5 Å². The van der Waals surface area contributed by atoms with E-state index in [-0.39, 0.29) is 6.54 Å². The standard InChI is InChI=1S/C16H22F2N2O3/c1-10(2)7-8-16(3,23)9-19-14(21)15(22)20-13-11(17)5-4-6-12(13)18/h4-6,10,23H,7-9H2,1-3H3,(H,19,21)(H,20,22). The molecule has 1 atom stereocenters. The van der Waals surface area contributed by atoms with Crippen LogP contribution < -0.4 is 10.6 Å². The van der Waals surface area contributed by atoms with E-state index in [1.54, 1.807) is 6.92 Å². The lowest BCUT2D eigenvalue weighted by Gasteiger charge is -2.24. The topological polar surface area (TPSA) is 78.4 Å². The number of amides is 2. The second-order valence-electron chi connectivity index (χ2n) is 6.16. The van der Waals surface area contributed by atoms with Gasteiger partial charge in [-0.3, -0.25) is 9.59 Å². The largest absolute Gasteiger partial charge is 0.388 e. The molecule has 23 heavy (non-hydrogen) atoms. The van der Waals surface area contributed by atoms with Gasteiger partial charge in [0.25, 0.3) is 0 Å². The molecule has 128 valence electrons. The number of para-hydroxylation sites is 1. The molecule has 1 aromatic rings. The summed E-state index contributed by atoms with van der Waals surface area (Å²) in [6.07, 6.45) is 1.21. The van der Waals surface area contributed by atoms with Gasteiger partial charge in [0.15, 0.2) is 0 Å². The second-order valence-corrected chi connectivity index (χ2v) is 6.16. The van der Waals surface area contributed by atoms with Crippen molar-refractivity contribution in [1.82, 2.24) is 5.32 Å². The van der Waals surface area contributed by atoms with E-state index in [2.05, 4.69) is 5.32 Å². The molecular weight excluding hydrogens is 306 g/mol. The van der Waals surface area contributed by atoms with Crippen LogP contribution in [0.25, 0.3) is 0 Å². The first kappa shape index (κ1) is 19.0. The summed E-state index contributed by atoms with van der Waals surface area (Å²) in [5, 5.41) is 14.2. The highest BCUT2D eigenvalue weighted by atomic mass is 19.1. The van der Waals surface area contributed by atoms with Crippen LogP contribution in [0.15, 0.2) is 18.2 Å². The molecule has 0 saturated carbocycles. The average molecular weight is 328 g/mol. The normalized spacial score (nSPS) is 13.5. The number of rotatable bonds is 6. The minimum atomic E-state index is -1.20. The molecule has 0 bridgehead atoms. The molecule has 0 radical (unpaired) electrons. The number of halogens is 2. The number of hydrogen-bond acceptors (Lipinski definition) is 3. The maximum Gasteiger partial charge on any atom is 0.313 e. The lowest BCUT2D eigenvalue weighted by molar-refractivity contribution is -0.136. The third-order valence-corrected chi connectivity index (χ3v) is 3.30. The molecular formula is C16H22F2N2O3. The third kappa shape index (κ3) is 6.32. The van der Waals surface area contributed by atoms with Crippen molar-refractivity contribution in [3.05, 3.63) is 29.8 Å². The minimum absolute atomic E-state index is 0.133. The first-order valence-electron chi connectivity index (χ1n) is 7.38. The summed E-state index contributed by atoms with van der Waals surface area (Å²) in [5.41, 5.74) is -1.84. The van der Waals surface area contributed by atoms with E-state index < -0.39 is 34.7 Å². The molecule has 1 unspecified atom stereocenters. The van der Waals surface area contributed by atoms with Crippen LogP contribution in [-0.4, -0.2) is 29.1 Å². The van der Waals surface area contributed by atoms with Gasteiger partial charge in [-0.15, -0.1) is 0 Å². The number of aliphatic hydroxyl groups is 1. The van der Waals surface area contributed by atoms with Crippen LogP contribution in [0, 0.1) is 17.6 Å². The van der Waals surface area contributed by atoms with Crippen molar-refractivity contribution in [3.63, 3.8) is 0 Å². The van der Waals surface area contributed by atoms with E-state index in [1.165, 1.54) is 0 Å². The quantitative estimate of drug-likeness (QED) is 0.701. The highest BCUT2D eigenvalue weighted by molar-refractivity contribution is 6.39. The fourth-order valence-corrected chi connectivity index (χ4v) is 1.83. The first-order valence-corrected chi connectivity index (χ1v) is 7.38. The van der Waals surface area contributed by atoms with Crippen molar-refractivity contribution in [2.75, 3.05) is 11.9 Å². The van der Waals surface area contributed by atoms with E-state index in [0.29, 0.717) is 12.3 Å². The maximum absolute atomic E-state index is 13.4. The zero-order valence-electron chi connectivity index (χ0n) is 13.5. The van der Waals surface area contributed by atoms with E-state index in [4.69, 9.17) is 0 Å². The number of nitrogens with one attached hydrogen (secondary N) is 2. The van der Waals surface area contributed by atoms with Crippen LogP contribution in [0.2, 0.25) is 0 Å². The number of carbonyl (C=O) groups is 2. The van der Waals surface area contributed by atoms with Crippen LogP contribution in [0.1, 0.15) is 33.6 Å². The Bertz CT molecular complexity index is 554. The van der Waals surface area contributed by atoms with Gasteiger partial charge in [-0.2, -0.15) is 0 Å². The summed E-state index contributed by atoms with van der Waals surface area (Å²) in [7, 11) is 0. The lowest BCUT2D eigenvalue weighted by atomic mass is 9.95. The molecule has 0 fully saturated rings. The van der Waals surface area contributed by atoms with Gasteiger partial charge in [0.05, 0.1) is 5.60 Å². The molecule has 5 nitrogen and oxygen atoms in total. The highest BCUT2D eigenvalue weighted by Crippen LogP contribution is 2.18. The van der Waals surface area contributed by atoms with Gasteiger partial charge in [0, 0.05) is 6.54 Å². The van der Waals surface area contributed by atoms with E-state index >= 15 is 0 Å². The Morgan fingerprint density at radius 3 is 2.30 bits per heavy atom. The molecule has 0 aromatic heterocycles. The van der Waals surface area contributed by atoms with E-state index in [1.807, 2.05) is 19.2 Å². The predicted molar refractivity (Wildman–Crippen MR) is 82.7 cm³/mol. The Morgan fingerprint density at radius 2 is 1.78 bits per heavy atom. The average Bonchev–Trinajstić information content (AvgIpc) is 2.46. The van der Waals surface area contributed by atoms with E-state index in [9.17, 15) is 23.5 Å². The summed E-state index contributed by atoms with van der Waals surface area (Å²) in [4.78, 5) is 23.3. The number of carbonyl (C=O) groups excluding carboxylic acids is 2. The number of hydrogen-bond donors (Lipinski definition) is 3. The van der Waals surface area contributed by atoms with Crippen molar-refractivity contribution in [2.45, 2.75) is 39.2 Å². The van der Waals surface area contributed by atoms with Gasteiger partial charge < -0.3 is 15.7 Å². The Morgan fingerprint density at radius 1 is 1.22 bits per heavy atom. The zero-order chi connectivity index (χ0) is 17.6. The van der Waals surface area contributed by atoms with Gasteiger partial charge in [-0.05, 0) is 37.8 Å². The number of anilines is 1. The molecule has 0 spiro atoms. The van der Waals surface area contributed by atoms with Gasteiger partial charge in [0.1, 0.15) is 17.3 Å². The Balaban J connectivity index is 2.56. The van der Waals surface area contributed by atoms with Gasteiger partial charge in [-0.1, -0.05) is 19.9 Å². The summed E-state index contributed by atoms with van der Waals surface area (Å²) in [5.74, 6) is -3.83. The first-order chi connectivity index (χ1) is 10.6. The maximum atomic E-state index is 13.4. The second kappa shape index (κ2) is 8.01. The van der Waals surface area contributed by atoms with Crippen LogP contribution in [0.3, 0.4) is 0 Å². The Kier molecular flexibility index (Phi) is 6.62. The molecule has 1 aromatic carbocycles. The molecule has 2 amide bonds. The summed E-state index contributed by atoms with van der Waals surface area (Å²) in [6, 6.07) is 3.08. The van der Waals surface area contributed by atoms with Crippen LogP contribution >= 0.6 is 0 Å². The molecule has 0 aliphatic carbocycles. The highest BCUT2D eigenvalue weighted by Gasteiger charge is 2.24. The van der Waals surface area contributed by atoms with Gasteiger partial charge in [0.2, 0.25) is 0 Å². The van der Waals surface area contributed by atoms with E-state index in [0.717, 1.165) is 24.6 Å². The third-order valence-electron chi connectivity index (χ3n) is 3.30. The SMILES string of the molecule is CC(C)CCC(C)(O)CNC(=O)C(=O)Nc1c(F)cccc1F. The molecule has 3 N–H and O–H groups in total. The molecule has 0 aliphatic heterocycles. The summed E-state index contributed by atoms with van der Waals surface area (Å²) in [6.45, 7) is 5.42. The Labute approximate surface area is 134 Å². The summed E-state index contributed by atoms with van der Waals surface area (Å²) < 4.78 is 26.8. The fourth-order valence-electron chi connectivity index (χ4n) is 1.83. The fraction of sp³-hybridized carbons (Fsp3) is 0.500. The lowest BCUT2D eigenvalue weighted by Crippen LogP contribution is -2.44. The van der Waals surface area contributed by atoms with Crippen LogP contribution in [-0.2, 0) is 9.59 Å². The van der Waals surface area contributed by atoms with Gasteiger partial charge >= 0.3 is 11.8 Å². The zero-order valence-corrected chi connectivity index (χ0v) is 13.5. The molecule has 0 aliphatic rings.